The maximum atomic E-state index is 11.4. The number of halogens is 2. The van der Waals surface area contributed by atoms with Crippen molar-refractivity contribution in [1.29, 1.82) is 0 Å². The minimum atomic E-state index is 0.459. The van der Waals surface area contributed by atoms with Crippen molar-refractivity contribution in [1.82, 2.24) is 0 Å². The molecule has 24 heavy (non-hydrogen) atoms. The topological polar surface area (TPSA) is 40.6 Å². The zero-order valence-electron chi connectivity index (χ0n) is 12.9. The number of benzene rings is 2. The number of carbonyl (C=O) groups is 2. The van der Waals surface area contributed by atoms with E-state index in [9.17, 15) is 9.59 Å². The molecule has 4 nitrogen and oxygen atoms in total. The number of amides is 2. The first-order valence-electron chi connectivity index (χ1n) is 6.82. The Bertz CT molecular complexity index is 695. The summed E-state index contributed by atoms with van der Waals surface area (Å²) in [7, 11) is 2.14. The minimum absolute atomic E-state index is 0.459. The first-order valence-corrected chi connectivity index (χ1v) is 9.64. The van der Waals surface area contributed by atoms with E-state index in [4.69, 9.17) is 23.2 Å². The lowest BCUT2D eigenvalue weighted by molar-refractivity contribution is -0.107. The summed E-state index contributed by atoms with van der Waals surface area (Å²) in [5.41, 5.74) is 3.09. The molecule has 0 saturated carbocycles. The molecule has 0 unspecified atom stereocenters. The minimum Gasteiger partial charge on any atom is -0.277 e. The smallest absolute Gasteiger partial charge is 0.225 e. The summed E-state index contributed by atoms with van der Waals surface area (Å²) in [6.45, 7) is 3.83. The van der Waals surface area contributed by atoms with Gasteiger partial charge in [0.2, 0.25) is 12.8 Å². The largest absolute Gasteiger partial charge is 0.277 e. The molecule has 0 aliphatic carbocycles. The molecule has 0 aliphatic rings. The third-order valence-corrected chi connectivity index (χ3v) is 5.79. The molecule has 126 valence electrons. The Morgan fingerprint density at radius 3 is 1.46 bits per heavy atom. The third kappa shape index (κ3) is 4.60. The molecule has 2 rings (SSSR count). The van der Waals surface area contributed by atoms with Gasteiger partial charge in [0.05, 0.1) is 43.4 Å². The van der Waals surface area contributed by atoms with Gasteiger partial charge in [-0.2, -0.15) is 0 Å². The molecule has 0 spiro atoms. The van der Waals surface area contributed by atoms with Crippen molar-refractivity contribution in [2.75, 3.05) is 8.61 Å². The molecule has 0 radical (unpaired) electrons. The Kier molecular flexibility index (Phi) is 6.86. The number of nitrogens with zero attached hydrogens (tertiary/aromatic N) is 2. The predicted octanol–water partition coefficient (Wildman–Crippen LogP) is 5.45. The number of aryl methyl sites for hydroxylation is 2. The van der Waals surface area contributed by atoms with Crippen molar-refractivity contribution in [3.05, 3.63) is 57.6 Å². The number of hydrogen-bond acceptors (Lipinski definition) is 4. The van der Waals surface area contributed by atoms with Gasteiger partial charge in [-0.3, -0.25) is 9.59 Å². The normalized spacial score (nSPS) is 10.3. The Balaban J connectivity index is 2.16. The van der Waals surface area contributed by atoms with Gasteiger partial charge in [-0.25, -0.2) is 8.61 Å². The fraction of sp³-hybridized carbons (Fsp3) is 0.125. The van der Waals surface area contributed by atoms with E-state index in [-0.39, 0.29) is 0 Å². The molecule has 0 saturated heterocycles. The van der Waals surface area contributed by atoms with Crippen LogP contribution in [0.2, 0.25) is 10.0 Å². The highest BCUT2D eigenvalue weighted by Crippen LogP contribution is 2.40. The molecule has 2 amide bonds. The maximum absolute atomic E-state index is 11.4. The van der Waals surface area contributed by atoms with Gasteiger partial charge in [-0.1, -0.05) is 35.3 Å². The number of carbonyl (C=O) groups excluding carboxylic acids is 2. The van der Waals surface area contributed by atoms with Crippen LogP contribution in [0.15, 0.2) is 36.4 Å². The van der Waals surface area contributed by atoms with E-state index >= 15 is 0 Å². The fourth-order valence-corrected chi connectivity index (χ4v) is 4.45. The van der Waals surface area contributed by atoms with Gasteiger partial charge in [-0.15, -0.1) is 0 Å². The predicted molar refractivity (Wildman–Crippen MR) is 105 cm³/mol. The number of anilines is 2. The quantitative estimate of drug-likeness (QED) is 0.352. The molecule has 0 atom stereocenters. The summed E-state index contributed by atoms with van der Waals surface area (Å²) in [6, 6.07) is 10.8. The van der Waals surface area contributed by atoms with Crippen molar-refractivity contribution in [2.45, 2.75) is 13.8 Å². The Morgan fingerprint density at radius 2 is 1.17 bits per heavy atom. The van der Waals surface area contributed by atoms with Crippen LogP contribution in [0.5, 0.6) is 0 Å². The molecule has 2 aromatic rings. The molecule has 2 aromatic carbocycles. The molecule has 0 aromatic heterocycles. The van der Waals surface area contributed by atoms with Crippen molar-refractivity contribution in [3.63, 3.8) is 0 Å². The SMILES string of the molecule is Cc1ccc(N(C=O)SSN(C=O)c2ccc(C)cc2Cl)c(Cl)c1. The molecule has 0 bridgehead atoms. The highest BCUT2D eigenvalue weighted by atomic mass is 35.5. The van der Waals surface area contributed by atoms with Gasteiger partial charge >= 0.3 is 0 Å². The van der Waals surface area contributed by atoms with Crippen molar-refractivity contribution in [3.8, 4) is 0 Å². The molecule has 0 N–H and O–H groups in total. The van der Waals surface area contributed by atoms with Gasteiger partial charge in [0, 0.05) is 0 Å². The van der Waals surface area contributed by atoms with E-state index in [0.29, 0.717) is 34.2 Å². The second-order valence-electron chi connectivity index (χ2n) is 4.92. The number of rotatable bonds is 7. The molecule has 0 heterocycles. The van der Waals surface area contributed by atoms with Crippen molar-refractivity contribution < 1.29 is 9.59 Å². The lowest BCUT2D eigenvalue weighted by atomic mass is 10.2. The van der Waals surface area contributed by atoms with Crippen LogP contribution in [0.25, 0.3) is 0 Å². The van der Waals surface area contributed by atoms with Crippen LogP contribution in [0.4, 0.5) is 11.4 Å². The molecular weight excluding hydrogens is 387 g/mol. The Morgan fingerprint density at radius 1 is 0.792 bits per heavy atom. The maximum Gasteiger partial charge on any atom is 0.225 e. The summed E-state index contributed by atoms with van der Waals surface area (Å²) in [5, 5.41) is 0.919. The molecule has 0 fully saturated rings. The van der Waals surface area contributed by atoms with Crippen LogP contribution in [0.1, 0.15) is 11.1 Å². The van der Waals surface area contributed by atoms with E-state index in [1.807, 2.05) is 26.0 Å². The second kappa shape index (κ2) is 8.67. The lowest BCUT2D eigenvalue weighted by Gasteiger charge is -2.21. The van der Waals surface area contributed by atoms with Crippen LogP contribution in [0.3, 0.4) is 0 Å². The second-order valence-corrected chi connectivity index (χ2v) is 7.71. The average molecular weight is 401 g/mol. The van der Waals surface area contributed by atoms with Crippen molar-refractivity contribution in [2.24, 2.45) is 0 Å². The van der Waals surface area contributed by atoms with Crippen LogP contribution in [-0.2, 0) is 9.59 Å². The summed E-state index contributed by atoms with van der Waals surface area (Å²) >= 11 is 12.4. The van der Waals surface area contributed by atoms with E-state index in [1.54, 1.807) is 24.3 Å². The number of hydrogen-bond donors (Lipinski definition) is 0. The third-order valence-electron chi connectivity index (χ3n) is 3.07. The van der Waals surface area contributed by atoms with Gasteiger partial charge in [0.1, 0.15) is 0 Å². The summed E-state index contributed by atoms with van der Waals surface area (Å²) in [5.74, 6) is 0. The van der Waals surface area contributed by atoms with Crippen LogP contribution in [-0.4, -0.2) is 12.8 Å². The van der Waals surface area contributed by atoms with E-state index < -0.39 is 0 Å². The van der Waals surface area contributed by atoms with Gasteiger partial charge in [0.15, 0.2) is 0 Å². The van der Waals surface area contributed by atoms with Crippen LogP contribution in [0, 0.1) is 13.8 Å². The monoisotopic (exact) mass is 400 g/mol. The van der Waals surface area contributed by atoms with Crippen LogP contribution >= 0.6 is 45.2 Å². The first-order chi connectivity index (χ1) is 11.5. The van der Waals surface area contributed by atoms with E-state index in [0.717, 1.165) is 33.1 Å². The molecule has 0 aliphatic heterocycles. The van der Waals surface area contributed by atoms with Gasteiger partial charge < -0.3 is 0 Å². The van der Waals surface area contributed by atoms with E-state index in [2.05, 4.69) is 0 Å². The Labute approximate surface area is 158 Å². The molecular formula is C16H14Cl2N2O2S2. The van der Waals surface area contributed by atoms with Crippen molar-refractivity contribution >= 4 is 69.4 Å². The zero-order chi connectivity index (χ0) is 17.7. The van der Waals surface area contributed by atoms with Gasteiger partial charge in [0.25, 0.3) is 0 Å². The standard InChI is InChI=1S/C16H14Cl2N2O2S2/c1-11-3-5-15(13(17)7-11)19(9-21)23-24-20(10-22)16-6-4-12(2)8-14(16)18/h3-10H,1-2H3. The average Bonchev–Trinajstić information content (AvgIpc) is 2.54. The van der Waals surface area contributed by atoms with Crippen LogP contribution < -0.4 is 8.61 Å². The summed E-state index contributed by atoms with van der Waals surface area (Å²) < 4.78 is 2.70. The molecule has 8 heteroatoms. The zero-order valence-corrected chi connectivity index (χ0v) is 16.0. The lowest BCUT2D eigenvalue weighted by Crippen LogP contribution is -2.15. The Hall–Kier alpha value is -1.34. The first kappa shape index (κ1) is 19.0. The fourth-order valence-electron chi connectivity index (χ4n) is 1.88. The van der Waals surface area contributed by atoms with E-state index in [1.165, 1.54) is 8.61 Å². The summed E-state index contributed by atoms with van der Waals surface area (Å²) in [6.07, 6.45) is 1.29. The summed E-state index contributed by atoms with van der Waals surface area (Å²) in [4.78, 5) is 22.8. The highest BCUT2D eigenvalue weighted by Gasteiger charge is 2.16. The van der Waals surface area contributed by atoms with Gasteiger partial charge in [-0.05, 0) is 49.2 Å². The highest BCUT2D eigenvalue weighted by molar-refractivity contribution is 8.78.